The quantitative estimate of drug-likeness (QED) is 0.324. The van der Waals surface area contributed by atoms with E-state index in [9.17, 15) is 19.7 Å². The van der Waals surface area contributed by atoms with Crippen molar-refractivity contribution in [2.75, 3.05) is 12.4 Å². The van der Waals surface area contributed by atoms with Gasteiger partial charge in [0.2, 0.25) is 0 Å². The van der Waals surface area contributed by atoms with Gasteiger partial charge in [-0.25, -0.2) is 0 Å². The van der Waals surface area contributed by atoms with Crippen LogP contribution in [0.5, 0.6) is 0 Å². The van der Waals surface area contributed by atoms with Gasteiger partial charge in [0.1, 0.15) is 5.54 Å². The molecule has 8 nitrogen and oxygen atoms in total. The molecule has 25 heavy (non-hydrogen) atoms. The fourth-order valence-corrected chi connectivity index (χ4v) is 2.50. The first-order valence-corrected chi connectivity index (χ1v) is 8.42. The van der Waals surface area contributed by atoms with Crippen molar-refractivity contribution < 1.29 is 19.2 Å². The third-order valence-electron chi connectivity index (χ3n) is 3.56. The molecule has 0 spiro atoms. The maximum Gasteiger partial charge on any atom is 0.316 e. The number of hydrogen-bond acceptors (Lipinski definition) is 7. The predicted molar refractivity (Wildman–Crippen MR) is 91.8 cm³/mol. The highest BCUT2D eigenvalue weighted by Crippen LogP contribution is 2.28. The second kappa shape index (κ2) is 9.03. The lowest BCUT2D eigenvalue weighted by Gasteiger charge is -2.27. The van der Waals surface area contributed by atoms with Crippen LogP contribution in [0.1, 0.15) is 20.8 Å². The minimum absolute atomic E-state index is 0.0974. The second-order valence-corrected chi connectivity index (χ2v) is 6.71. The van der Waals surface area contributed by atoms with Gasteiger partial charge >= 0.3 is 5.97 Å². The fourth-order valence-electron chi connectivity index (χ4n) is 1.68. The Morgan fingerprint density at radius 3 is 2.64 bits per heavy atom. The van der Waals surface area contributed by atoms with E-state index in [0.717, 1.165) is 11.8 Å². The van der Waals surface area contributed by atoms with Gasteiger partial charge in [0.15, 0.2) is 6.61 Å². The Hall–Kier alpha value is -2.60. The molecular formula is C16H19N3O5S. The minimum atomic E-state index is -1.05. The van der Waals surface area contributed by atoms with Crippen molar-refractivity contribution in [2.24, 2.45) is 5.92 Å². The van der Waals surface area contributed by atoms with Crippen LogP contribution in [0.2, 0.25) is 0 Å². The zero-order valence-corrected chi connectivity index (χ0v) is 15.0. The number of para-hydroxylation sites is 1. The molecule has 0 aliphatic rings. The van der Waals surface area contributed by atoms with Crippen molar-refractivity contribution in [3.63, 3.8) is 0 Å². The Bertz CT molecular complexity index is 701. The van der Waals surface area contributed by atoms with Crippen molar-refractivity contribution in [3.8, 4) is 6.07 Å². The lowest BCUT2D eigenvalue weighted by atomic mass is 9.90. The largest absolute Gasteiger partial charge is 0.455 e. The van der Waals surface area contributed by atoms with E-state index in [4.69, 9.17) is 10.00 Å². The van der Waals surface area contributed by atoms with Crippen molar-refractivity contribution in [2.45, 2.75) is 31.2 Å². The Labute approximate surface area is 149 Å². The van der Waals surface area contributed by atoms with Crippen LogP contribution in [-0.2, 0) is 14.3 Å². The molecule has 0 radical (unpaired) electrons. The number of nitriles is 1. The Morgan fingerprint density at radius 2 is 2.08 bits per heavy atom. The predicted octanol–water partition coefficient (Wildman–Crippen LogP) is 2.28. The van der Waals surface area contributed by atoms with Crippen LogP contribution in [0.15, 0.2) is 29.2 Å². The molecule has 0 saturated carbocycles. The van der Waals surface area contributed by atoms with E-state index in [1.165, 1.54) is 18.2 Å². The first-order valence-electron chi connectivity index (χ1n) is 7.43. The van der Waals surface area contributed by atoms with E-state index in [2.05, 4.69) is 5.32 Å². The molecule has 1 aromatic rings. The third kappa shape index (κ3) is 6.08. The molecular weight excluding hydrogens is 346 g/mol. The molecule has 0 heterocycles. The Morgan fingerprint density at radius 1 is 1.44 bits per heavy atom. The first-order chi connectivity index (χ1) is 11.7. The number of ether oxygens (including phenoxy) is 1. The molecule has 1 amide bonds. The fraction of sp³-hybridized carbons (Fsp3) is 0.438. The SMILES string of the molecule is CC(C)[C@](C)(C#N)NC(=O)COC(=O)CSc1ccccc1[N+](=O)[O-]. The molecule has 0 aliphatic heterocycles. The number of nitro groups is 1. The van der Waals surface area contributed by atoms with Crippen LogP contribution in [-0.4, -0.2) is 34.7 Å². The van der Waals surface area contributed by atoms with Crippen molar-refractivity contribution in [1.29, 1.82) is 5.26 Å². The number of carbonyl (C=O) groups excluding carboxylic acids is 2. The molecule has 134 valence electrons. The maximum atomic E-state index is 11.8. The molecule has 0 aromatic heterocycles. The summed E-state index contributed by atoms with van der Waals surface area (Å²) in [5.74, 6) is -1.55. The molecule has 0 unspecified atom stereocenters. The van der Waals surface area contributed by atoms with E-state index >= 15 is 0 Å². The van der Waals surface area contributed by atoms with Gasteiger partial charge in [0.25, 0.3) is 11.6 Å². The van der Waals surface area contributed by atoms with Crippen molar-refractivity contribution >= 4 is 29.3 Å². The van der Waals surface area contributed by atoms with E-state index in [1.54, 1.807) is 26.8 Å². The standard InChI is InChI=1S/C16H19N3O5S/c1-11(2)16(3,10-17)18-14(20)8-24-15(21)9-25-13-7-5-4-6-12(13)19(22)23/h4-7,11H,8-9H2,1-3H3,(H,18,20)/t16-/m0/s1. The molecule has 1 rings (SSSR count). The number of amides is 1. The number of carbonyl (C=O) groups is 2. The van der Waals surface area contributed by atoms with Gasteiger partial charge in [-0.1, -0.05) is 26.0 Å². The average Bonchev–Trinajstić information content (AvgIpc) is 2.57. The summed E-state index contributed by atoms with van der Waals surface area (Å²) in [6.45, 7) is 4.65. The summed E-state index contributed by atoms with van der Waals surface area (Å²) in [7, 11) is 0. The lowest BCUT2D eigenvalue weighted by Crippen LogP contribution is -2.50. The number of nitrogens with zero attached hydrogens (tertiary/aromatic N) is 2. The van der Waals surface area contributed by atoms with Gasteiger partial charge in [-0.2, -0.15) is 5.26 Å². The lowest BCUT2D eigenvalue weighted by molar-refractivity contribution is -0.387. The van der Waals surface area contributed by atoms with Crippen LogP contribution in [0.3, 0.4) is 0 Å². The topological polar surface area (TPSA) is 122 Å². The highest BCUT2D eigenvalue weighted by atomic mass is 32.2. The Balaban J connectivity index is 2.50. The number of nitrogens with one attached hydrogen (secondary N) is 1. The van der Waals surface area contributed by atoms with E-state index < -0.39 is 28.9 Å². The molecule has 0 aliphatic carbocycles. The first kappa shape index (κ1) is 20.4. The zero-order valence-electron chi connectivity index (χ0n) is 14.1. The number of benzene rings is 1. The molecule has 1 aromatic carbocycles. The normalized spacial score (nSPS) is 12.8. The van der Waals surface area contributed by atoms with Crippen molar-refractivity contribution in [1.82, 2.24) is 5.32 Å². The molecule has 1 N–H and O–H groups in total. The summed E-state index contributed by atoms with van der Waals surface area (Å²) in [6.07, 6.45) is 0. The number of nitro benzene ring substituents is 1. The monoisotopic (exact) mass is 365 g/mol. The smallest absolute Gasteiger partial charge is 0.316 e. The van der Waals surface area contributed by atoms with E-state index in [1.807, 2.05) is 6.07 Å². The van der Waals surface area contributed by atoms with Crippen molar-refractivity contribution in [3.05, 3.63) is 34.4 Å². The van der Waals surface area contributed by atoms with Gasteiger partial charge in [-0.05, 0) is 18.9 Å². The van der Waals surface area contributed by atoms with Gasteiger partial charge in [-0.15, -0.1) is 11.8 Å². The number of rotatable bonds is 8. The number of esters is 1. The average molecular weight is 365 g/mol. The van der Waals surface area contributed by atoms with Crippen LogP contribution in [0.4, 0.5) is 5.69 Å². The summed E-state index contributed by atoms with van der Waals surface area (Å²) in [5, 5.41) is 22.5. The number of hydrogen-bond donors (Lipinski definition) is 1. The minimum Gasteiger partial charge on any atom is -0.455 e. The van der Waals surface area contributed by atoms with Crippen LogP contribution in [0.25, 0.3) is 0 Å². The van der Waals surface area contributed by atoms with Crippen LogP contribution >= 0.6 is 11.8 Å². The van der Waals surface area contributed by atoms with Gasteiger partial charge < -0.3 is 10.1 Å². The summed E-state index contributed by atoms with van der Waals surface area (Å²) < 4.78 is 4.84. The Kier molecular flexibility index (Phi) is 7.39. The van der Waals surface area contributed by atoms with Gasteiger partial charge in [0.05, 0.1) is 21.6 Å². The maximum absolute atomic E-state index is 11.8. The summed E-state index contributed by atoms with van der Waals surface area (Å²) in [5.41, 5.74) is -1.15. The highest BCUT2D eigenvalue weighted by molar-refractivity contribution is 8.00. The number of thioether (sulfide) groups is 1. The molecule has 0 bridgehead atoms. The van der Waals surface area contributed by atoms with E-state index in [0.29, 0.717) is 4.90 Å². The molecule has 9 heteroatoms. The molecule has 0 fully saturated rings. The van der Waals surface area contributed by atoms with Crippen LogP contribution in [0, 0.1) is 27.4 Å². The summed E-state index contributed by atoms with van der Waals surface area (Å²) >= 11 is 0.957. The van der Waals surface area contributed by atoms with Crippen LogP contribution < -0.4 is 5.32 Å². The zero-order chi connectivity index (χ0) is 19.0. The molecule has 1 atom stereocenters. The van der Waals surface area contributed by atoms with E-state index in [-0.39, 0.29) is 17.4 Å². The molecule has 0 saturated heterocycles. The second-order valence-electron chi connectivity index (χ2n) is 5.69. The van der Waals surface area contributed by atoms with Gasteiger partial charge in [0, 0.05) is 6.07 Å². The summed E-state index contributed by atoms with van der Waals surface area (Å²) in [6, 6.07) is 8.06. The third-order valence-corrected chi connectivity index (χ3v) is 4.59. The van der Waals surface area contributed by atoms with Gasteiger partial charge in [-0.3, -0.25) is 19.7 Å². The highest BCUT2D eigenvalue weighted by Gasteiger charge is 2.30. The summed E-state index contributed by atoms with van der Waals surface area (Å²) in [4.78, 5) is 34.2.